The number of sulfone groups is 1. The van der Waals surface area contributed by atoms with Gasteiger partial charge in [-0.15, -0.1) is 0 Å². The Bertz CT molecular complexity index is 211. The normalized spacial score (nSPS) is 13.3. The number of hydrogen-bond donors (Lipinski definition) is 0. The fourth-order valence-electron chi connectivity index (χ4n) is 0.699. The molecule has 0 radical (unpaired) electrons. The van der Waals surface area contributed by atoms with E-state index in [1.807, 2.05) is 20.8 Å². The number of rotatable bonds is 4. The van der Waals surface area contributed by atoms with E-state index in [2.05, 4.69) is 0 Å². The monoisotopic (exact) mass is 194 g/mol. The second-order valence-corrected chi connectivity index (χ2v) is 6.20. The molecule has 0 amide bonds. The average molecular weight is 194 g/mol. The highest BCUT2D eigenvalue weighted by Crippen LogP contribution is 2.06. The van der Waals surface area contributed by atoms with Crippen molar-refractivity contribution in [2.75, 3.05) is 18.6 Å². The summed E-state index contributed by atoms with van der Waals surface area (Å²) in [6, 6.07) is 0. The van der Waals surface area contributed by atoms with Crippen LogP contribution in [0.5, 0.6) is 0 Å². The van der Waals surface area contributed by atoms with Gasteiger partial charge >= 0.3 is 0 Å². The molecule has 0 aromatic carbocycles. The smallest absolute Gasteiger partial charge is 0.147 e. The van der Waals surface area contributed by atoms with E-state index in [1.54, 1.807) is 0 Å². The Labute approximate surface area is 75.0 Å². The molecule has 0 bridgehead atoms. The molecule has 0 fully saturated rings. The minimum atomic E-state index is -2.82. The third kappa shape index (κ3) is 9.91. The van der Waals surface area contributed by atoms with Crippen molar-refractivity contribution in [3.8, 4) is 0 Å². The van der Waals surface area contributed by atoms with Crippen LogP contribution in [-0.4, -0.2) is 32.6 Å². The predicted octanol–water partition coefficient (Wildman–Crippen LogP) is 1.24. The predicted molar refractivity (Wildman–Crippen MR) is 50.0 cm³/mol. The molecule has 0 spiro atoms. The van der Waals surface area contributed by atoms with Gasteiger partial charge in [-0.2, -0.15) is 0 Å². The van der Waals surface area contributed by atoms with Crippen molar-refractivity contribution in [3.05, 3.63) is 0 Å². The first kappa shape index (κ1) is 11.9. The Morgan fingerprint density at radius 2 is 1.75 bits per heavy atom. The van der Waals surface area contributed by atoms with E-state index in [1.165, 1.54) is 6.26 Å². The molecule has 3 nitrogen and oxygen atoms in total. The van der Waals surface area contributed by atoms with Crippen LogP contribution < -0.4 is 0 Å². The van der Waals surface area contributed by atoms with E-state index >= 15 is 0 Å². The van der Waals surface area contributed by atoms with Gasteiger partial charge in [0.15, 0.2) is 0 Å². The van der Waals surface area contributed by atoms with Crippen LogP contribution in [0.15, 0.2) is 0 Å². The highest BCUT2D eigenvalue weighted by Gasteiger charge is 2.10. The van der Waals surface area contributed by atoms with Gasteiger partial charge < -0.3 is 4.74 Å². The molecule has 74 valence electrons. The second-order valence-electron chi connectivity index (χ2n) is 3.94. The lowest BCUT2D eigenvalue weighted by Gasteiger charge is -2.19. The molecule has 0 aliphatic rings. The van der Waals surface area contributed by atoms with Crippen molar-refractivity contribution in [3.63, 3.8) is 0 Å². The fourth-order valence-corrected chi connectivity index (χ4v) is 1.34. The molecular weight excluding hydrogens is 176 g/mol. The summed E-state index contributed by atoms with van der Waals surface area (Å²) in [6.45, 7) is 6.37. The van der Waals surface area contributed by atoms with Crippen LogP contribution >= 0.6 is 0 Å². The topological polar surface area (TPSA) is 43.4 Å². The lowest BCUT2D eigenvalue weighted by Crippen LogP contribution is -2.20. The van der Waals surface area contributed by atoms with Gasteiger partial charge in [0.25, 0.3) is 0 Å². The zero-order chi connectivity index (χ0) is 9.83. The zero-order valence-corrected chi connectivity index (χ0v) is 9.07. The summed E-state index contributed by atoms with van der Waals surface area (Å²) in [5.74, 6) is 0.211. The Morgan fingerprint density at radius 1 is 1.25 bits per heavy atom. The summed E-state index contributed by atoms with van der Waals surface area (Å²) in [5.41, 5.74) is -0.169. The average Bonchev–Trinajstić information content (AvgIpc) is 1.76. The third-order valence-corrected chi connectivity index (χ3v) is 2.22. The molecule has 0 N–H and O–H groups in total. The van der Waals surface area contributed by atoms with E-state index in [0.717, 1.165) is 0 Å². The van der Waals surface area contributed by atoms with Gasteiger partial charge in [0.1, 0.15) is 9.84 Å². The van der Waals surface area contributed by atoms with Crippen molar-refractivity contribution < 1.29 is 13.2 Å². The second kappa shape index (κ2) is 4.23. The van der Waals surface area contributed by atoms with Gasteiger partial charge in [-0.25, -0.2) is 8.42 Å². The summed E-state index contributed by atoms with van der Waals surface area (Å²) in [7, 11) is -2.82. The maximum absolute atomic E-state index is 10.7. The van der Waals surface area contributed by atoms with Crippen LogP contribution in [0, 0.1) is 0 Å². The largest absolute Gasteiger partial charge is 0.376 e. The van der Waals surface area contributed by atoms with E-state index < -0.39 is 9.84 Å². The summed E-state index contributed by atoms with van der Waals surface area (Å²) in [5, 5.41) is 0. The third-order valence-electron chi connectivity index (χ3n) is 1.19. The summed E-state index contributed by atoms with van der Waals surface area (Å²) >= 11 is 0. The van der Waals surface area contributed by atoms with E-state index in [-0.39, 0.29) is 11.4 Å². The molecule has 0 unspecified atom stereocenters. The van der Waals surface area contributed by atoms with Crippen molar-refractivity contribution in [1.29, 1.82) is 0 Å². The molecule has 0 saturated heterocycles. The van der Waals surface area contributed by atoms with Crippen molar-refractivity contribution in [2.24, 2.45) is 0 Å². The number of hydrogen-bond acceptors (Lipinski definition) is 3. The molecule has 0 heterocycles. The quantitative estimate of drug-likeness (QED) is 0.632. The van der Waals surface area contributed by atoms with Crippen LogP contribution in [0.3, 0.4) is 0 Å². The molecule has 4 heteroatoms. The van der Waals surface area contributed by atoms with Gasteiger partial charge in [0.2, 0.25) is 0 Å². The van der Waals surface area contributed by atoms with Crippen LogP contribution in [-0.2, 0) is 14.6 Å². The van der Waals surface area contributed by atoms with E-state index in [0.29, 0.717) is 13.0 Å². The molecule has 0 aromatic rings. The Hall–Kier alpha value is -0.0900. The van der Waals surface area contributed by atoms with E-state index in [4.69, 9.17) is 4.74 Å². The summed E-state index contributed by atoms with van der Waals surface area (Å²) in [4.78, 5) is 0. The SMILES string of the molecule is CC(C)(C)OCCCS(C)(=O)=O. The molecule has 0 aliphatic heterocycles. The minimum absolute atomic E-state index is 0.169. The molecule has 0 atom stereocenters. The van der Waals surface area contributed by atoms with Gasteiger partial charge in [0, 0.05) is 12.9 Å². The summed E-state index contributed by atoms with van der Waals surface area (Å²) in [6.07, 6.45) is 1.82. The summed E-state index contributed by atoms with van der Waals surface area (Å²) < 4.78 is 26.8. The molecule has 12 heavy (non-hydrogen) atoms. The van der Waals surface area contributed by atoms with E-state index in [9.17, 15) is 8.42 Å². The van der Waals surface area contributed by atoms with Gasteiger partial charge in [-0.05, 0) is 27.2 Å². The Kier molecular flexibility index (Phi) is 4.20. The lowest BCUT2D eigenvalue weighted by atomic mass is 10.2. The van der Waals surface area contributed by atoms with Crippen molar-refractivity contribution in [2.45, 2.75) is 32.8 Å². The highest BCUT2D eigenvalue weighted by atomic mass is 32.2. The fraction of sp³-hybridized carbons (Fsp3) is 1.00. The van der Waals surface area contributed by atoms with Crippen LogP contribution in [0.2, 0.25) is 0 Å². The zero-order valence-electron chi connectivity index (χ0n) is 8.25. The van der Waals surface area contributed by atoms with Crippen LogP contribution in [0.1, 0.15) is 27.2 Å². The molecular formula is C8H18O3S. The minimum Gasteiger partial charge on any atom is -0.376 e. The first-order valence-electron chi connectivity index (χ1n) is 4.02. The van der Waals surface area contributed by atoms with Gasteiger partial charge in [-0.1, -0.05) is 0 Å². The van der Waals surface area contributed by atoms with Gasteiger partial charge in [0.05, 0.1) is 11.4 Å². The van der Waals surface area contributed by atoms with Crippen LogP contribution in [0.25, 0.3) is 0 Å². The van der Waals surface area contributed by atoms with Crippen molar-refractivity contribution >= 4 is 9.84 Å². The maximum Gasteiger partial charge on any atom is 0.147 e. The lowest BCUT2D eigenvalue weighted by molar-refractivity contribution is -0.00210. The Balaban J connectivity index is 3.48. The van der Waals surface area contributed by atoms with Gasteiger partial charge in [-0.3, -0.25) is 0 Å². The standard InChI is InChI=1S/C8H18O3S/c1-8(2,3)11-6-5-7-12(4,9)10/h5-7H2,1-4H3. The molecule has 0 rings (SSSR count). The first-order valence-corrected chi connectivity index (χ1v) is 6.08. The number of ether oxygens (including phenoxy) is 1. The highest BCUT2D eigenvalue weighted by molar-refractivity contribution is 7.90. The molecule has 0 aliphatic carbocycles. The maximum atomic E-state index is 10.7. The van der Waals surface area contributed by atoms with Crippen molar-refractivity contribution in [1.82, 2.24) is 0 Å². The Morgan fingerprint density at radius 3 is 2.08 bits per heavy atom. The van der Waals surface area contributed by atoms with Crippen LogP contribution in [0.4, 0.5) is 0 Å². The molecule has 0 aromatic heterocycles. The molecule has 0 saturated carbocycles. The first-order chi connectivity index (χ1) is 5.21.